The first kappa shape index (κ1) is 45.5. The SMILES string of the molecule is C#CC[C@H](CC(=O)c1ccc([N+](=O)[O-])cc1)C(=O)Nc1ccc(C(=O)Nc2ccc(C(=O)Nc3ccc(C(=O)OCC=C)c(OCC=C)c3OC)c(OCC=C)c2OC)cc1. The number of carbonyl (C=O) groups excluding carboxylic acids is 5. The van der Waals surface area contributed by atoms with E-state index >= 15 is 0 Å². The van der Waals surface area contributed by atoms with Gasteiger partial charge in [-0.05, 0) is 60.7 Å². The number of nitrogens with one attached hydrogen (secondary N) is 3. The van der Waals surface area contributed by atoms with Gasteiger partial charge in [-0.15, -0.1) is 12.3 Å². The molecule has 0 aliphatic rings. The fourth-order valence-corrected chi connectivity index (χ4v) is 5.69. The van der Waals surface area contributed by atoms with Crippen molar-refractivity contribution in [1.29, 1.82) is 0 Å². The minimum absolute atomic E-state index is 0.000501. The first-order valence-corrected chi connectivity index (χ1v) is 18.3. The molecule has 0 fully saturated rings. The third-order valence-electron chi connectivity index (χ3n) is 8.60. The summed E-state index contributed by atoms with van der Waals surface area (Å²) in [6.45, 7) is 10.8. The summed E-state index contributed by atoms with van der Waals surface area (Å²) in [5.41, 5.74) is 0.844. The number of nitro benzene ring substituents is 1. The molecule has 61 heavy (non-hydrogen) atoms. The van der Waals surface area contributed by atoms with E-state index in [4.69, 9.17) is 30.1 Å². The van der Waals surface area contributed by atoms with E-state index in [1.807, 2.05) is 0 Å². The highest BCUT2D eigenvalue weighted by Crippen LogP contribution is 2.42. The summed E-state index contributed by atoms with van der Waals surface area (Å²) in [6, 6.07) is 16.6. The van der Waals surface area contributed by atoms with Crippen LogP contribution in [0.1, 0.15) is 54.3 Å². The van der Waals surface area contributed by atoms with Crippen molar-refractivity contribution in [3.05, 3.63) is 143 Å². The van der Waals surface area contributed by atoms with E-state index in [0.717, 1.165) is 0 Å². The van der Waals surface area contributed by atoms with E-state index in [1.165, 1.54) is 105 Å². The summed E-state index contributed by atoms with van der Waals surface area (Å²) >= 11 is 0. The molecule has 0 unspecified atom stereocenters. The smallest absolute Gasteiger partial charge is 0.342 e. The zero-order chi connectivity index (χ0) is 44.5. The fourth-order valence-electron chi connectivity index (χ4n) is 5.69. The van der Waals surface area contributed by atoms with E-state index in [-0.39, 0.29) is 95.0 Å². The average molecular weight is 831 g/mol. The van der Waals surface area contributed by atoms with Gasteiger partial charge in [-0.2, -0.15) is 0 Å². The molecule has 1 atom stereocenters. The molecule has 0 heterocycles. The standard InChI is InChI=1S/C45H42N4O12/c1-7-11-30(27-37(50)28-14-18-32(19-15-28)49(55)56)43(52)46-31-16-12-29(13-17-31)42(51)47-35-22-20-33(38(40(35)57-5)59-24-8-2)44(53)48-36-23-21-34(45(54)61-26-10-4)39(41(36)58-6)60-25-9-3/h1,8-10,12-23,30H,2-4,11,24-27H2,5-6H3,(H,46,52)(H,47,51)(H,48,53)/t30-/m1/s1. The van der Waals surface area contributed by atoms with Crippen LogP contribution in [0.2, 0.25) is 0 Å². The number of nitro groups is 1. The molecular weight excluding hydrogens is 789 g/mol. The maximum atomic E-state index is 13.9. The van der Waals surface area contributed by atoms with Gasteiger partial charge in [-0.3, -0.25) is 29.3 Å². The van der Waals surface area contributed by atoms with Crippen molar-refractivity contribution in [3.63, 3.8) is 0 Å². The summed E-state index contributed by atoms with van der Waals surface area (Å²) < 4.78 is 28.0. The summed E-state index contributed by atoms with van der Waals surface area (Å²) in [5, 5.41) is 19.2. The van der Waals surface area contributed by atoms with Gasteiger partial charge in [0.25, 0.3) is 17.5 Å². The lowest BCUT2D eigenvalue weighted by atomic mass is 9.94. The van der Waals surface area contributed by atoms with Gasteiger partial charge >= 0.3 is 5.97 Å². The Labute approximate surface area is 351 Å². The predicted molar refractivity (Wildman–Crippen MR) is 228 cm³/mol. The number of rotatable bonds is 22. The van der Waals surface area contributed by atoms with Crippen LogP contribution < -0.4 is 34.9 Å². The van der Waals surface area contributed by atoms with Crippen LogP contribution in [-0.2, 0) is 9.53 Å². The van der Waals surface area contributed by atoms with Crippen LogP contribution in [0.15, 0.2) is 111 Å². The number of amides is 3. The van der Waals surface area contributed by atoms with E-state index < -0.39 is 40.3 Å². The number of benzene rings is 4. The van der Waals surface area contributed by atoms with Crippen LogP contribution in [0.25, 0.3) is 0 Å². The molecule has 0 saturated carbocycles. The summed E-state index contributed by atoms with van der Waals surface area (Å²) in [4.78, 5) is 76.5. The van der Waals surface area contributed by atoms with Gasteiger partial charge in [-0.25, -0.2) is 4.79 Å². The molecule has 314 valence electrons. The third kappa shape index (κ3) is 11.7. The first-order chi connectivity index (χ1) is 29.4. The van der Waals surface area contributed by atoms with Crippen molar-refractivity contribution in [1.82, 2.24) is 0 Å². The van der Waals surface area contributed by atoms with Crippen LogP contribution in [0.3, 0.4) is 0 Å². The molecule has 3 amide bonds. The summed E-state index contributed by atoms with van der Waals surface area (Å²) in [6.07, 6.45) is 9.52. The Morgan fingerprint density at radius 1 is 0.705 bits per heavy atom. The molecule has 16 nitrogen and oxygen atoms in total. The number of carbonyl (C=O) groups is 5. The molecule has 4 aromatic carbocycles. The number of terminal acetylenes is 1. The monoisotopic (exact) mass is 830 g/mol. The summed E-state index contributed by atoms with van der Waals surface area (Å²) in [5.74, 6) is -1.41. The Balaban J connectivity index is 1.53. The number of hydrogen-bond acceptors (Lipinski definition) is 12. The second kappa shape index (κ2) is 22.1. The van der Waals surface area contributed by atoms with Gasteiger partial charge in [0, 0.05) is 41.8 Å². The number of nitrogens with zero attached hydrogens (tertiary/aromatic N) is 1. The van der Waals surface area contributed by atoms with Crippen LogP contribution in [0.5, 0.6) is 23.0 Å². The van der Waals surface area contributed by atoms with Gasteiger partial charge in [0.15, 0.2) is 28.8 Å². The fraction of sp³-hybridized carbons (Fsp3) is 0.178. The Bertz CT molecular complexity index is 2370. The number of ether oxygens (including phenoxy) is 5. The highest BCUT2D eigenvalue weighted by molar-refractivity contribution is 6.10. The van der Waals surface area contributed by atoms with Crippen molar-refractivity contribution < 1.29 is 52.6 Å². The Kier molecular flexibility index (Phi) is 16.5. The first-order valence-electron chi connectivity index (χ1n) is 18.3. The van der Waals surface area contributed by atoms with E-state index in [9.17, 15) is 34.1 Å². The molecule has 0 radical (unpaired) electrons. The largest absolute Gasteiger partial charge is 0.491 e. The molecule has 0 bridgehead atoms. The molecule has 0 aromatic heterocycles. The van der Waals surface area contributed by atoms with Crippen molar-refractivity contribution in [2.75, 3.05) is 50.0 Å². The molecule has 0 spiro atoms. The molecule has 0 saturated heterocycles. The lowest BCUT2D eigenvalue weighted by molar-refractivity contribution is -0.384. The molecule has 0 aliphatic carbocycles. The Morgan fingerprint density at radius 3 is 1.75 bits per heavy atom. The quantitative estimate of drug-likeness (QED) is 0.0176. The van der Waals surface area contributed by atoms with Gasteiger partial charge in [-0.1, -0.05) is 38.0 Å². The predicted octanol–water partition coefficient (Wildman–Crippen LogP) is 7.44. The van der Waals surface area contributed by atoms with Crippen molar-refractivity contribution in [3.8, 4) is 35.3 Å². The third-order valence-corrected chi connectivity index (χ3v) is 8.60. The second-order valence-electron chi connectivity index (χ2n) is 12.6. The Hall–Kier alpha value is -8.19. The summed E-state index contributed by atoms with van der Waals surface area (Å²) in [7, 11) is 2.66. The van der Waals surface area contributed by atoms with Gasteiger partial charge in [0.2, 0.25) is 5.91 Å². The van der Waals surface area contributed by atoms with Crippen molar-refractivity contribution in [2.24, 2.45) is 5.92 Å². The number of anilines is 3. The number of methoxy groups -OCH3 is 2. The zero-order valence-corrected chi connectivity index (χ0v) is 33.3. The maximum Gasteiger partial charge on any atom is 0.342 e. The van der Waals surface area contributed by atoms with E-state index in [1.54, 1.807) is 0 Å². The maximum absolute atomic E-state index is 13.9. The molecule has 16 heteroatoms. The average Bonchev–Trinajstić information content (AvgIpc) is 3.26. The van der Waals surface area contributed by atoms with Crippen molar-refractivity contribution >= 4 is 52.2 Å². The molecular formula is C45H42N4O12. The topological polar surface area (TPSA) is 211 Å². The zero-order valence-electron chi connectivity index (χ0n) is 33.3. The number of non-ortho nitro benzene ring substituents is 1. The lowest BCUT2D eigenvalue weighted by Crippen LogP contribution is -2.25. The molecule has 3 N–H and O–H groups in total. The molecule has 4 aromatic rings. The minimum atomic E-state index is -0.903. The van der Waals surface area contributed by atoms with Gasteiger partial charge < -0.3 is 39.6 Å². The number of hydrogen-bond donors (Lipinski definition) is 3. The Morgan fingerprint density at radius 2 is 1.23 bits per heavy atom. The second-order valence-corrected chi connectivity index (χ2v) is 12.6. The minimum Gasteiger partial charge on any atom is -0.491 e. The molecule has 0 aliphatic heterocycles. The van der Waals surface area contributed by atoms with Gasteiger partial charge in [0.05, 0.1) is 42.0 Å². The highest BCUT2D eigenvalue weighted by Gasteiger charge is 2.27. The number of esters is 1. The van der Waals surface area contributed by atoms with Crippen LogP contribution in [-0.4, -0.2) is 68.4 Å². The van der Waals surface area contributed by atoms with Gasteiger partial charge in [0.1, 0.15) is 25.4 Å². The van der Waals surface area contributed by atoms with E-state index in [0.29, 0.717) is 5.69 Å². The van der Waals surface area contributed by atoms with E-state index in [2.05, 4.69) is 41.6 Å². The number of Topliss-reactive ketones (excluding diaryl/α,β-unsaturated/α-hetero) is 1. The van der Waals surface area contributed by atoms with Crippen molar-refractivity contribution in [2.45, 2.75) is 12.8 Å². The normalized spacial score (nSPS) is 10.7. The van der Waals surface area contributed by atoms with Crippen LogP contribution in [0, 0.1) is 28.4 Å². The number of ketones is 1. The molecule has 4 rings (SSSR count). The van der Waals surface area contributed by atoms with Crippen LogP contribution in [0.4, 0.5) is 22.7 Å². The lowest BCUT2D eigenvalue weighted by Gasteiger charge is -2.20. The highest BCUT2D eigenvalue weighted by atomic mass is 16.6. The van der Waals surface area contributed by atoms with Crippen LogP contribution >= 0.6 is 0 Å².